The lowest BCUT2D eigenvalue weighted by atomic mass is 9.92. The first-order chi connectivity index (χ1) is 20.5. The first-order valence-electron chi connectivity index (χ1n) is 15.6. The van der Waals surface area contributed by atoms with Crippen LogP contribution in [0, 0.1) is 5.92 Å². The van der Waals surface area contributed by atoms with E-state index >= 15 is 0 Å². The van der Waals surface area contributed by atoms with Crippen LogP contribution in [0.1, 0.15) is 83.3 Å². The Morgan fingerprint density at radius 3 is 2.45 bits per heavy atom. The third-order valence-electron chi connectivity index (χ3n) is 8.90. The molecule has 1 unspecified atom stereocenters. The van der Waals surface area contributed by atoms with Gasteiger partial charge in [0.1, 0.15) is 16.8 Å². The van der Waals surface area contributed by atoms with Gasteiger partial charge >= 0.3 is 6.09 Å². The van der Waals surface area contributed by atoms with Gasteiger partial charge < -0.3 is 29.1 Å². The summed E-state index contributed by atoms with van der Waals surface area (Å²) in [6.07, 6.45) is 6.68. The molecule has 44 heavy (non-hydrogen) atoms. The summed E-state index contributed by atoms with van der Waals surface area (Å²) in [6.45, 7) is 20.0. The first-order valence-corrected chi connectivity index (χ1v) is 18.5. The van der Waals surface area contributed by atoms with Crippen molar-refractivity contribution in [1.82, 2.24) is 15.3 Å². The predicted octanol–water partition coefficient (Wildman–Crippen LogP) is 7.09. The van der Waals surface area contributed by atoms with Gasteiger partial charge in [-0.25, -0.2) is 9.78 Å². The van der Waals surface area contributed by atoms with Gasteiger partial charge in [0.2, 0.25) is 0 Å². The Balaban J connectivity index is 1.39. The van der Waals surface area contributed by atoms with E-state index in [0.717, 1.165) is 29.6 Å². The minimum Gasteiger partial charge on any atom is -0.462 e. The van der Waals surface area contributed by atoms with Crippen LogP contribution in [0.5, 0.6) is 0 Å². The van der Waals surface area contributed by atoms with Crippen molar-refractivity contribution < 1.29 is 23.2 Å². The van der Waals surface area contributed by atoms with Crippen LogP contribution in [-0.2, 0) is 9.16 Å². The molecule has 2 N–H and O–H groups in total. The third kappa shape index (κ3) is 7.09. The molecule has 1 aliphatic carbocycles. The topological polar surface area (TPSA) is 119 Å². The summed E-state index contributed by atoms with van der Waals surface area (Å²) in [5.74, 6) is 0.206. The number of rotatable bonds is 7. The van der Waals surface area contributed by atoms with E-state index in [2.05, 4.69) is 66.3 Å². The van der Waals surface area contributed by atoms with E-state index < -0.39 is 20.0 Å². The number of nitrogens with zero attached hydrogens (tertiary/aromatic N) is 3. The maximum atomic E-state index is 13.5. The molecule has 2 amide bonds. The van der Waals surface area contributed by atoms with E-state index in [-0.39, 0.29) is 29.0 Å². The van der Waals surface area contributed by atoms with Gasteiger partial charge in [-0.1, -0.05) is 27.7 Å². The van der Waals surface area contributed by atoms with Crippen molar-refractivity contribution in [2.75, 3.05) is 23.3 Å². The molecular weight excluding hydrogens is 574 g/mol. The smallest absolute Gasteiger partial charge is 0.408 e. The fourth-order valence-electron chi connectivity index (χ4n) is 5.45. The monoisotopic (exact) mass is 621 g/mol. The Morgan fingerprint density at radius 1 is 1.07 bits per heavy atom. The van der Waals surface area contributed by atoms with E-state index in [9.17, 15) is 9.59 Å². The lowest BCUT2D eigenvalue weighted by Gasteiger charge is -2.48. The average molecular weight is 622 g/mol. The molecule has 2 fully saturated rings. The maximum absolute atomic E-state index is 13.5. The van der Waals surface area contributed by atoms with E-state index in [0.29, 0.717) is 36.0 Å². The second-order valence-corrected chi connectivity index (χ2v) is 19.6. The molecule has 1 saturated carbocycles. The van der Waals surface area contributed by atoms with Crippen LogP contribution in [-0.4, -0.2) is 61.1 Å². The zero-order chi connectivity index (χ0) is 32.0. The normalized spacial score (nSPS) is 21.3. The summed E-state index contributed by atoms with van der Waals surface area (Å²) in [4.78, 5) is 37.7. The van der Waals surface area contributed by atoms with Crippen molar-refractivity contribution in [3.05, 3.63) is 48.1 Å². The zero-order valence-electron chi connectivity index (χ0n) is 27.5. The summed E-state index contributed by atoms with van der Waals surface area (Å²) >= 11 is 0. The molecule has 0 spiro atoms. The molecule has 3 aromatic rings. The van der Waals surface area contributed by atoms with E-state index in [1.54, 1.807) is 30.8 Å². The molecule has 3 atom stereocenters. The number of anilines is 2. The molecule has 1 saturated heterocycles. The van der Waals surface area contributed by atoms with Gasteiger partial charge in [-0.2, -0.15) is 0 Å². The van der Waals surface area contributed by atoms with Crippen molar-refractivity contribution in [2.24, 2.45) is 5.92 Å². The highest BCUT2D eigenvalue weighted by atomic mass is 28.4. The number of aromatic nitrogens is 2. The number of pyridine rings is 2. The number of fused-ring (bicyclic) bond motifs is 1. The van der Waals surface area contributed by atoms with Crippen LogP contribution in [0.25, 0.3) is 11.1 Å². The number of ether oxygens (including phenoxy) is 1. The summed E-state index contributed by atoms with van der Waals surface area (Å²) in [5, 5.41) is 6.18. The second-order valence-electron chi connectivity index (χ2n) is 14.8. The molecule has 4 heterocycles. The number of hydrogen-bond acceptors (Lipinski definition) is 8. The number of carbonyl (C=O) groups is 2. The van der Waals surface area contributed by atoms with E-state index in [1.165, 1.54) is 0 Å². The highest BCUT2D eigenvalue weighted by Crippen LogP contribution is 2.43. The van der Waals surface area contributed by atoms with Gasteiger partial charge in [0.25, 0.3) is 5.91 Å². The SMILES string of the molecule is C[C@H]1CN(c2ccncc2NC(=O)c2ccc3occ(C4CC4)c3n2)C[C@@H](NC(=O)OC(C)(C)C)C1O[Si](C)(C)C(C)(C)C. The Bertz CT molecular complexity index is 1520. The lowest BCUT2D eigenvalue weighted by molar-refractivity contribution is 0.0336. The van der Waals surface area contributed by atoms with Crippen LogP contribution < -0.4 is 15.5 Å². The molecule has 5 rings (SSSR count). The summed E-state index contributed by atoms with van der Waals surface area (Å²) < 4.78 is 18.3. The van der Waals surface area contributed by atoms with Crippen molar-refractivity contribution in [2.45, 2.75) is 103 Å². The van der Waals surface area contributed by atoms with Gasteiger partial charge in [0.15, 0.2) is 13.9 Å². The van der Waals surface area contributed by atoms with Gasteiger partial charge in [0.05, 0.1) is 36.0 Å². The van der Waals surface area contributed by atoms with Crippen molar-refractivity contribution in [1.29, 1.82) is 0 Å². The molecule has 1 aliphatic heterocycles. The Labute approximate surface area is 261 Å². The molecule has 3 aromatic heterocycles. The number of alkyl carbamates (subject to hydrolysis) is 1. The highest BCUT2D eigenvalue weighted by Gasteiger charge is 2.45. The Kier molecular flexibility index (Phi) is 8.58. The van der Waals surface area contributed by atoms with Crippen LogP contribution in [0.3, 0.4) is 0 Å². The fraction of sp³-hybridized carbons (Fsp3) is 0.576. The molecular formula is C33H47N5O5Si. The summed E-state index contributed by atoms with van der Waals surface area (Å²) in [5.41, 5.74) is 3.57. The third-order valence-corrected chi connectivity index (χ3v) is 13.4. The van der Waals surface area contributed by atoms with Gasteiger partial charge in [0, 0.05) is 30.8 Å². The summed E-state index contributed by atoms with van der Waals surface area (Å²) in [7, 11) is -2.16. The number of piperidine rings is 1. The fourth-order valence-corrected chi connectivity index (χ4v) is 6.88. The van der Waals surface area contributed by atoms with Crippen LogP contribution in [0.15, 0.2) is 41.3 Å². The minimum absolute atomic E-state index is 0.00973. The van der Waals surface area contributed by atoms with Crippen LogP contribution in [0.4, 0.5) is 16.2 Å². The quantitative estimate of drug-likeness (QED) is 0.268. The predicted molar refractivity (Wildman–Crippen MR) is 175 cm³/mol. The molecule has 2 aliphatic rings. The molecule has 0 bridgehead atoms. The Hall–Kier alpha value is -3.44. The van der Waals surface area contributed by atoms with E-state index in [4.69, 9.17) is 13.6 Å². The van der Waals surface area contributed by atoms with Gasteiger partial charge in [-0.05, 0) is 75.9 Å². The highest BCUT2D eigenvalue weighted by molar-refractivity contribution is 6.74. The number of carbonyl (C=O) groups excluding carboxylic acids is 2. The lowest BCUT2D eigenvalue weighted by Crippen LogP contribution is -2.63. The zero-order valence-corrected chi connectivity index (χ0v) is 28.5. The first kappa shape index (κ1) is 32.0. The molecule has 0 aromatic carbocycles. The standard InChI is InChI=1S/C33H47N5O5Si/c1-20-17-38(18-25(37-31(40)42-32(2,3)4)29(20)43-44(8,9)33(5,6)7)26-14-15-34-16-24(26)36-30(39)23-12-13-27-28(35-23)22(19-41-27)21-10-11-21/h12-16,19-21,25,29H,10-11,17-18H2,1-9H3,(H,36,39)(H,37,40)/t20-,25+,29?/m0/s1. The largest absolute Gasteiger partial charge is 0.462 e. The van der Waals surface area contributed by atoms with Crippen LogP contribution in [0.2, 0.25) is 18.1 Å². The number of nitrogens with one attached hydrogen (secondary N) is 2. The van der Waals surface area contributed by atoms with Gasteiger partial charge in [-0.15, -0.1) is 0 Å². The molecule has 0 radical (unpaired) electrons. The molecule has 10 nitrogen and oxygen atoms in total. The summed E-state index contributed by atoms with van der Waals surface area (Å²) in [6, 6.07) is 5.03. The van der Waals surface area contributed by atoms with E-state index in [1.807, 2.05) is 26.8 Å². The minimum atomic E-state index is -2.16. The Morgan fingerprint density at radius 2 is 1.80 bits per heavy atom. The van der Waals surface area contributed by atoms with Gasteiger partial charge in [-0.3, -0.25) is 9.78 Å². The van der Waals surface area contributed by atoms with Crippen LogP contribution >= 0.6 is 0 Å². The second kappa shape index (κ2) is 11.8. The average Bonchev–Trinajstić information content (AvgIpc) is 3.67. The van der Waals surface area contributed by atoms with Crippen molar-refractivity contribution >= 4 is 42.8 Å². The number of hydrogen-bond donors (Lipinski definition) is 2. The number of amides is 2. The number of furan rings is 1. The molecule has 11 heteroatoms. The maximum Gasteiger partial charge on any atom is 0.408 e. The van der Waals surface area contributed by atoms with Crippen molar-refractivity contribution in [3.63, 3.8) is 0 Å². The van der Waals surface area contributed by atoms with Crippen molar-refractivity contribution in [3.8, 4) is 0 Å². The molecule has 238 valence electrons.